The number of aliphatic hydroxyl groups is 1. The second kappa shape index (κ2) is 10.9. The largest absolute Gasteiger partial charge is 0.497 e. The molecular weight excluding hydrogens is 510 g/mol. The molecule has 3 fully saturated rings. The molecule has 3 heterocycles. The van der Waals surface area contributed by atoms with Gasteiger partial charge in [0.2, 0.25) is 17.7 Å². The summed E-state index contributed by atoms with van der Waals surface area (Å²) in [4.78, 5) is 43.6. The molecule has 9 nitrogen and oxygen atoms in total. The Labute approximate surface area is 235 Å². The standard InChI is InChI=1S/C31H39N3O6/c1-19(2)16-22(18-35)34-26(28(37)33-21-10-12-23(39-4)13-11-21)31-15-14-30(3,40-31)24(25(31)29(34)38)27(36)32-17-20-8-6-5-7-9-20/h5-13,19,22,24-26,35H,14-18H2,1-4H3,(H,32,36)(H,33,37)/t22-,24-,25+,26?,30+,31?/m1/s1. The monoisotopic (exact) mass is 549 g/mol. The van der Waals surface area contributed by atoms with E-state index in [1.165, 1.54) is 4.90 Å². The number of benzene rings is 2. The molecule has 2 aromatic rings. The van der Waals surface area contributed by atoms with Crippen LogP contribution in [0.2, 0.25) is 0 Å². The smallest absolute Gasteiger partial charge is 0.250 e. The summed E-state index contributed by atoms with van der Waals surface area (Å²) in [6.45, 7) is 5.94. The molecule has 3 aliphatic rings. The van der Waals surface area contributed by atoms with Crippen molar-refractivity contribution in [3.63, 3.8) is 0 Å². The third kappa shape index (κ3) is 4.75. The summed E-state index contributed by atoms with van der Waals surface area (Å²) >= 11 is 0. The van der Waals surface area contributed by atoms with Gasteiger partial charge in [0.1, 0.15) is 17.4 Å². The first-order chi connectivity index (χ1) is 19.1. The van der Waals surface area contributed by atoms with Crippen LogP contribution in [0.3, 0.4) is 0 Å². The average molecular weight is 550 g/mol. The number of carbonyl (C=O) groups is 3. The fraction of sp³-hybridized carbons (Fsp3) is 0.516. The minimum Gasteiger partial charge on any atom is -0.497 e. The summed E-state index contributed by atoms with van der Waals surface area (Å²) < 4.78 is 11.9. The summed E-state index contributed by atoms with van der Waals surface area (Å²) in [6.07, 6.45) is 1.53. The SMILES string of the molecule is COc1ccc(NC(=O)C2N([C@@H](CO)CC(C)C)C(=O)[C@@H]3[C@H](C(=O)NCc4ccccc4)[C@]4(C)CCC23O4)cc1. The summed E-state index contributed by atoms with van der Waals surface area (Å²) in [5.41, 5.74) is -0.535. The summed E-state index contributed by atoms with van der Waals surface area (Å²) in [5, 5.41) is 16.4. The van der Waals surface area contributed by atoms with Crippen molar-refractivity contribution in [2.24, 2.45) is 17.8 Å². The Morgan fingerprint density at radius 2 is 1.80 bits per heavy atom. The topological polar surface area (TPSA) is 117 Å². The van der Waals surface area contributed by atoms with Crippen molar-refractivity contribution < 1.29 is 29.0 Å². The average Bonchev–Trinajstić information content (AvgIpc) is 3.52. The number of nitrogens with zero attached hydrogens (tertiary/aromatic N) is 1. The van der Waals surface area contributed by atoms with Gasteiger partial charge >= 0.3 is 0 Å². The van der Waals surface area contributed by atoms with Crippen LogP contribution in [0.1, 0.15) is 45.6 Å². The van der Waals surface area contributed by atoms with Gasteiger partial charge in [0.25, 0.3) is 0 Å². The number of likely N-dealkylation sites (tertiary alicyclic amines) is 1. The minimum absolute atomic E-state index is 0.174. The van der Waals surface area contributed by atoms with E-state index in [0.717, 1.165) is 5.56 Å². The first kappa shape index (κ1) is 28.1. The van der Waals surface area contributed by atoms with Crippen LogP contribution >= 0.6 is 0 Å². The Hall–Kier alpha value is -3.43. The van der Waals surface area contributed by atoms with Gasteiger partial charge in [0.05, 0.1) is 37.2 Å². The van der Waals surface area contributed by atoms with Crippen LogP contribution in [0.15, 0.2) is 54.6 Å². The molecule has 3 amide bonds. The molecule has 2 unspecified atom stereocenters. The predicted molar refractivity (Wildman–Crippen MR) is 149 cm³/mol. The van der Waals surface area contributed by atoms with E-state index in [9.17, 15) is 19.5 Å². The second-order valence-corrected chi connectivity index (χ2v) is 11.9. The molecule has 2 bridgehead atoms. The summed E-state index contributed by atoms with van der Waals surface area (Å²) in [5.74, 6) is -1.70. The van der Waals surface area contributed by atoms with Crippen LogP contribution in [-0.2, 0) is 25.7 Å². The highest BCUT2D eigenvalue weighted by Gasteiger charge is 2.78. The van der Waals surface area contributed by atoms with Gasteiger partial charge in [-0.15, -0.1) is 0 Å². The number of aliphatic hydroxyl groups excluding tert-OH is 1. The molecule has 1 spiro atoms. The van der Waals surface area contributed by atoms with E-state index < -0.39 is 41.0 Å². The lowest BCUT2D eigenvalue weighted by Gasteiger charge is -2.37. The molecule has 0 aromatic heterocycles. The van der Waals surface area contributed by atoms with Crippen LogP contribution < -0.4 is 15.4 Å². The number of ether oxygens (including phenoxy) is 2. The van der Waals surface area contributed by atoms with Gasteiger partial charge in [0.15, 0.2) is 0 Å². The van der Waals surface area contributed by atoms with E-state index >= 15 is 0 Å². The van der Waals surface area contributed by atoms with Crippen molar-refractivity contribution in [2.45, 2.75) is 69.9 Å². The number of amides is 3. The fourth-order valence-corrected chi connectivity index (χ4v) is 7.06. The lowest BCUT2D eigenvalue weighted by atomic mass is 9.66. The number of anilines is 1. The van der Waals surface area contributed by atoms with Crippen molar-refractivity contribution in [1.29, 1.82) is 0 Å². The van der Waals surface area contributed by atoms with Gasteiger partial charge in [-0.3, -0.25) is 14.4 Å². The number of methoxy groups -OCH3 is 1. The van der Waals surface area contributed by atoms with Crippen molar-refractivity contribution >= 4 is 23.4 Å². The molecule has 3 saturated heterocycles. The number of fused-ring (bicyclic) bond motifs is 1. The maximum Gasteiger partial charge on any atom is 0.250 e. The molecule has 5 rings (SSSR count). The van der Waals surface area contributed by atoms with E-state index in [4.69, 9.17) is 9.47 Å². The highest BCUT2D eigenvalue weighted by atomic mass is 16.5. The Bertz CT molecular complexity index is 1250. The number of hydrogen-bond acceptors (Lipinski definition) is 6. The normalized spacial score (nSPS) is 29.4. The van der Waals surface area contributed by atoms with E-state index in [1.54, 1.807) is 31.4 Å². The highest BCUT2D eigenvalue weighted by molar-refractivity contribution is 6.04. The van der Waals surface area contributed by atoms with Gasteiger partial charge in [-0.05, 0) is 61.9 Å². The first-order valence-corrected chi connectivity index (χ1v) is 14.0. The molecule has 214 valence electrons. The molecule has 9 heteroatoms. The molecule has 6 atom stereocenters. The Morgan fingerprint density at radius 1 is 1.10 bits per heavy atom. The van der Waals surface area contributed by atoms with Gasteiger partial charge in [-0.2, -0.15) is 0 Å². The number of nitrogens with one attached hydrogen (secondary N) is 2. The lowest BCUT2D eigenvalue weighted by molar-refractivity contribution is -0.148. The molecule has 2 aromatic carbocycles. The van der Waals surface area contributed by atoms with Crippen LogP contribution in [-0.4, -0.2) is 64.7 Å². The molecular formula is C31H39N3O6. The Balaban J connectivity index is 1.49. The number of hydrogen-bond donors (Lipinski definition) is 3. The van der Waals surface area contributed by atoms with E-state index in [-0.39, 0.29) is 24.3 Å². The zero-order valence-corrected chi connectivity index (χ0v) is 23.6. The van der Waals surface area contributed by atoms with Crippen LogP contribution in [0, 0.1) is 17.8 Å². The quantitative estimate of drug-likeness (QED) is 0.419. The van der Waals surface area contributed by atoms with E-state index in [2.05, 4.69) is 10.6 Å². The minimum atomic E-state index is -1.17. The van der Waals surface area contributed by atoms with Gasteiger partial charge < -0.3 is 30.1 Å². The Kier molecular flexibility index (Phi) is 7.63. The van der Waals surface area contributed by atoms with E-state index in [0.29, 0.717) is 37.2 Å². The Morgan fingerprint density at radius 3 is 2.42 bits per heavy atom. The summed E-state index contributed by atoms with van der Waals surface area (Å²) in [6, 6.07) is 15.0. The third-order valence-corrected chi connectivity index (χ3v) is 8.76. The van der Waals surface area contributed by atoms with Gasteiger partial charge in [-0.25, -0.2) is 0 Å². The van der Waals surface area contributed by atoms with Crippen molar-refractivity contribution in [3.8, 4) is 5.75 Å². The zero-order valence-electron chi connectivity index (χ0n) is 23.6. The predicted octanol–water partition coefficient (Wildman–Crippen LogP) is 3.12. The second-order valence-electron chi connectivity index (χ2n) is 11.9. The van der Waals surface area contributed by atoms with Gasteiger partial charge in [0, 0.05) is 12.2 Å². The van der Waals surface area contributed by atoms with Crippen molar-refractivity contribution in [3.05, 3.63) is 60.2 Å². The maximum absolute atomic E-state index is 14.3. The third-order valence-electron chi connectivity index (χ3n) is 8.76. The molecule has 0 radical (unpaired) electrons. The highest BCUT2D eigenvalue weighted by Crippen LogP contribution is 2.63. The zero-order chi connectivity index (χ0) is 28.7. The summed E-state index contributed by atoms with van der Waals surface area (Å²) in [7, 11) is 1.57. The van der Waals surface area contributed by atoms with Crippen molar-refractivity contribution in [1.82, 2.24) is 10.2 Å². The van der Waals surface area contributed by atoms with Crippen LogP contribution in [0.25, 0.3) is 0 Å². The number of rotatable bonds is 10. The number of carbonyl (C=O) groups excluding carboxylic acids is 3. The molecule has 3 N–H and O–H groups in total. The van der Waals surface area contributed by atoms with Crippen molar-refractivity contribution in [2.75, 3.05) is 19.0 Å². The van der Waals surface area contributed by atoms with Crippen LogP contribution in [0.5, 0.6) is 5.75 Å². The van der Waals surface area contributed by atoms with E-state index in [1.807, 2.05) is 51.1 Å². The molecule has 0 saturated carbocycles. The maximum atomic E-state index is 14.3. The van der Waals surface area contributed by atoms with Gasteiger partial charge in [-0.1, -0.05) is 44.2 Å². The molecule has 3 aliphatic heterocycles. The fourth-order valence-electron chi connectivity index (χ4n) is 7.06. The first-order valence-electron chi connectivity index (χ1n) is 14.0. The van der Waals surface area contributed by atoms with Crippen LogP contribution in [0.4, 0.5) is 5.69 Å². The molecule has 40 heavy (non-hydrogen) atoms. The molecule has 0 aliphatic carbocycles. The lowest BCUT2D eigenvalue weighted by Crippen LogP contribution is -2.56.